The number of carbonyl (C=O) groups excluding carboxylic acids is 1. The molecule has 0 bridgehead atoms. The number of hydrogen-bond acceptors (Lipinski definition) is 8. The van der Waals surface area contributed by atoms with E-state index in [1.807, 2.05) is 53.9 Å². The van der Waals surface area contributed by atoms with Gasteiger partial charge in [0.1, 0.15) is 11.4 Å². The molecule has 1 aliphatic rings. The zero-order valence-corrected chi connectivity index (χ0v) is 17.6. The van der Waals surface area contributed by atoms with Crippen LogP contribution in [-0.4, -0.2) is 39.4 Å². The smallest absolute Gasteiger partial charge is 0.226 e. The number of carbonyl (C=O) groups is 1. The molecule has 9 nitrogen and oxygen atoms in total. The van der Waals surface area contributed by atoms with Crippen molar-refractivity contribution in [2.24, 2.45) is 5.92 Å². The molecule has 1 fully saturated rings. The van der Waals surface area contributed by atoms with E-state index in [2.05, 4.69) is 31.5 Å². The van der Waals surface area contributed by atoms with E-state index < -0.39 is 0 Å². The van der Waals surface area contributed by atoms with Crippen molar-refractivity contribution in [3.05, 3.63) is 65.3 Å². The summed E-state index contributed by atoms with van der Waals surface area (Å²) in [6, 6.07) is 15.4. The number of fused-ring (bicyclic) bond motifs is 1. The number of nitrogens with zero attached hydrogens (tertiary/aromatic N) is 4. The molecule has 4 aromatic rings. The van der Waals surface area contributed by atoms with Crippen molar-refractivity contribution in [1.82, 2.24) is 36.0 Å². The molecule has 10 heteroatoms. The summed E-state index contributed by atoms with van der Waals surface area (Å²) < 4.78 is 6.99. The molecule has 5 rings (SSSR count). The van der Waals surface area contributed by atoms with E-state index in [-0.39, 0.29) is 24.4 Å². The highest BCUT2D eigenvalue weighted by atomic mass is 32.1. The van der Waals surface area contributed by atoms with Crippen LogP contribution >= 0.6 is 11.3 Å². The third-order valence-corrected chi connectivity index (χ3v) is 6.19. The molecule has 1 aromatic carbocycles. The minimum Gasteiger partial charge on any atom is -0.497 e. The van der Waals surface area contributed by atoms with Crippen molar-refractivity contribution in [3.8, 4) is 16.3 Å². The van der Waals surface area contributed by atoms with E-state index in [1.54, 1.807) is 23.0 Å². The van der Waals surface area contributed by atoms with Crippen LogP contribution in [0.5, 0.6) is 5.75 Å². The van der Waals surface area contributed by atoms with Gasteiger partial charge in [-0.3, -0.25) is 10.2 Å². The number of thiophene rings is 1. The Bertz CT molecular complexity index is 1210. The lowest BCUT2D eigenvalue weighted by Gasteiger charge is -2.18. The van der Waals surface area contributed by atoms with Gasteiger partial charge >= 0.3 is 0 Å². The number of benzene rings is 1. The topological polar surface area (TPSA) is 105 Å². The molecule has 31 heavy (non-hydrogen) atoms. The summed E-state index contributed by atoms with van der Waals surface area (Å²) in [7, 11) is 1.63. The van der Waals surface area contributed by atoms with Crippen LogP contribution < -0.4 is 20.9 Å². The summed E-state index contributed by atoms with van der Waals surface area (Å²) in [5.41, 5.74) is 8.75. The highest BCUT2D eigenvalue weighted by Gasteiger charge is 2.34. The summed E-state index contributed by atoms with van der Waals surface area (Å²) in [6.07, 6.45) is 0. The molecule has 4 heterocycles. The molecule has 0 aliphatic carbocycles. The fourth-order valence-electron chi connectivity index (χ4n) is 3.69. The molecule has 1 saturated heterocycles. The summed E-state index contributed by atoms with van der Waals surface area (Å²) in [6.45, 7) is 0.761. The Labute approximate surface area is 182 Å². The molecule has 2 atom stereocenters. The third kappa shape index (κ3) is 3.88. The number of hydrazine groups is 1. The molecular formula is C21H21N7O2S. The average molecular weight is 436 g/mol. The summed E-state index contributed by atoms with van der Waals surface area (Å²) in [5, 5.41) is 18.0. The van der Waals surface area contributed by atoms with E-state index in [0.29, 0.717) is 18.0 Å². The first-order valence-electron chi connectivity index (χ1n) is 9.88. The molecule has 0 spiro atoms. The number of rotatable bonds is 6. The number of aromatic nitrogens is 4. The van der Waals surface area contributed by atoms with Crippen molar-refractivity contribution in [2.45, 2.75) is 12.6 Å². The van der Waals surface area contributed by atoms with Crippen molar-refractivity contribution < 1.29 is 9.53 Å². The van der Waals surface area contributed by atoms with Gasteiger partial charge in [-0.05, 0) is 41.3 Å². The first-order chi connectivity index (χ1) is 15.2. The quantitative estimate of drug-likeness (QED) is 0.425. The molecule has 0 saturated carbocycles. The minimum absolute atomic E-state index is 0.0727. The molecular weight excluding hydrogens is 414 g/mol. The zero-order valence-electron chi connectivity index (χ0n) is 16.8. The Kier molecular flexibility index (Phi) is 5.33. The van der Waals surface area contributed by atoms with Crippen LogP contribution in [-0.2, 0) is 11.3 Å². The Hall–Kier alpha value is -3.34. The monoisotopic (exact) mass is 435 g/mol. The van der Waals surface area contributed by atoms with Crippen molar-refractivity contribution in [2.75, 3.05) is 13.7 Å². The van der Waals surface area contributed by atoms with Gasteiger partial charge in [0.25, 0.3) is 0 Å². The van der Waals surface area contributed by atoms with E-state index in [1.165, 1.54) is 0 Å². The van der Waals surface area contributed by atoms with Gasteiger partial charge in [0.2, 0.25) is 5.91 Å². The Morgan fingerprint density at radius 2 is 2.19 bits per heavy atom. The number of hydrogen-bond donors (Lipinski definition) is 3. The second-order valence-corrected chi connectivity index (χ2v) is 8.13. The second kappa shape index (κ2) is 8.42. The standard InChI is InChI=1S/C21H21N7O2S/c1-30-14-5-2-4-13(10-14)20-15(11-23-26-20)21(29)22-12-19-25-24-18-8-7-16(27-28(18)19)17-6-3-9-31-17/h2-10,15,20,23,26H,11-12H2,1H3,(H,22,29). The number of methoxy groups -OCH3 is 1. The lowest BCUT2D eigenvalue weighted by molar-refractivity contribution is -0.125. The van der Waals surface area contributed by atoms with E-state index in [9.17, 15) is 4.79 Å². The van der Waals surface area contributed by atoms with Gasteiger partial charge in [-0.1, -0.05) is 18.2 Å². The normalized spacial score (nSPS) is 18.4. The summed E-state index contributed by atoms with van der Waals surface area (Å²) in [5.74, 6) is 0.990. The van der Waals surface area contributed by atoms with Gasteiger partial charge in [0.05, 0.1) is 30.5 Å². The Morgan fingerprint density at radius 1 is 1.26 bits per heavy atom. The van der Waals surface area contributed by atoms with Gasteiger partial charge in [-0.15, -0.1) is 21.5 Å². The highest BCUT2D eigenvalue weighted by molar-refractivity contribution is 7.13. The molecule has 1 aliphatic heterocycles. The van der Waals surface area contributed by atoms with Crippen molar-refractivity contribution in [3.63, 3.8) is 0 Å². The fraction of sp³-hybridized carbons (Fsp3) is 0.238. The van der Waals surface area contributed by atoms with Crippen molar-refractivity contribution >= 4 is 22.9 Å². The largest absolute Gasteiger partial charge is 0.497 e. The number of nitrogens with one attached hydrogen (secondary N) is 3. The number of ether oxygens (including phenoxy) is 1. The molecule has 3 N–H and O–H groups in total. The molecule has 3 aromatic heterocycles. The first-order valence-corrected chi connectivity index (χ1v) is 10.8. The maximum Gasteiger partial charge on any atom is 0.226 e. The average Bonchev–Trinajstić information content (AvgIpc) is 3.58. The van der Waals surface area contributed by atoms with Crippen LogP contribution in [0.2, 0.25) is 0 Å². The highest BCUT2D eigenvalue weighted by Crippen LogP contribution is 2.28. The lowest BCUT2D eigenvalue weighted by Crippen LogP contribution is -2.35. The third-order valence-electron chi connectivity index (χ3n) is 5.29. The predicted octanol–water partition coefficient (Wildman–Crippen LogP) is 1.94. The van der Waals surface area contributed by atoms with Crippen LogP contribution in [0.1, 0.15) is 17.4 Å². The van der Waals surface area contributed by atoms with Crippen LogP contribution in [0.4, 0.5) is 0 Å². The summed E-state index contributed by atoms with van der Waals surface area (Å²) >= 11 is 1.62. The van der Waals surface area contributed by atoms with Gasteiger partial charge in [-0.25, -0.2) is 5.43 Å². The van der Waals surface area contributed by atoms with Crippen LogP contribution in [0.3, 0.4) is 0 Å². The molecule has 2 unspecified atom stereocenters. The van der Waals surface area contributed by atoms with Crippen LogP contribution in [0.25, 0.3) is 16.2 Å². The van der Waals surface area contributed by atoms with Gasteiger partial charge < -0.3 is 10.1 Å². The van der Waals surface area contributed by atoms with Gasteiger partial charge in [-0.2, -0.15) is 9.61 Å². The molecule has 1 amide bonds. The van der Waals surface area contributed by atoms with Gasteiger partial charge in [0, 0.05) is 6.54 Å². The summed E-state index contributed by atoms with van der Waals surface area (Å²) in [4.78, 5) is 14.0. The van der Waals surface area contributed by atoms with Crippen molar-refractivity contribution in [1.29, 1.82) is 0 Å². The predicted molar refractivity (Wildman–Crippen MR) is 116 cm³/mol. The van der Waals surface area contributed by atoms with Crippen LogP contribution in [0, 0.1) is 5.92 Å². The first kappa shape index (κ1) is 19.6. The van der Waals surface area contributed by atoms with E-state index >= 15 is 0 Å². The fourth-order valence-corrected chi connectivity index (χ4v) is 4.38. The maximum absolute atomic E-state index is 13.0. The SMILES string of the molecule is COc1cccc(C2NNCC2C(=O)NCc2nnc3ccc(-c4cccs4)nn23)c1. The Balaban J connectivity index is 1.32. The van der Waals surface area contributed by atoms with Crippen LogP contribution in [0.15, 0.2) is 53.9 Å². The Morgan fingerprint density at radius 3 is 3.03 bits per heavy atom. The van der Waals surface area contributed by atoms with Gasteiger partial charge in [0.15, 0.2) is 11.5 Å². The minimum atomic E-state index is -0.277. The zero-order chi connectivity index (χ0) is 21.2. The molecule has 158 valence electrons. The van der Waals surface area contributed by atoms with E-state index in [4.69, 9.17) is 4.74 Å². The number of amides is 1. The lowest BCUT2D eigenvalue weighted by atomic mass is 9.94. The second-order valence-electron chi connectivity index (χ2n) is 7.19. The maximum atomic E-state index is 13.0. The molecule has 0 radical (unpaired) electrons. The van der Waals surface area contributed by atoms with E-state index in [0.717, 1.165) is 21.9 Å².